The number of benzene rings is 1. The summed E-state index contributed by atoms with van der Waals surface area (Å²) in [5.41, 5.74) is 1.34. The molecule has 2 N–H and O–H groups in total. The maximum absolute atomic E-state index is 12.5. The molecule has 1 saturated heterocycles. The topological polar surface area (TPSA) is 86.5 Å². The molecule has 29 heavy (non-hydrogen) atoms. The number of rotatable bonds is 4. The van der Waals surface area contributed by atoms with E-state index in [-0.39, 0.29) is 22.3 Å². The van der Waals surface area contributed by atoms with Gasteiger partial charge in [-0.1, -0.05) is 24.3 Å². The van der Waals surface area contributed by atoms with Crippen LogP contribution in [0, 0.1) is 4.77 Å². The number of para-hydroxylation sites is 1. The third kappa shape index (κ3) is 3.97. The Kier molecular flexibility index (Phi) is 5.53. The number of hydrazone groups is 1. The molecule has 7 nitrogen and oxygen atoms in total. The molecule has 3 aromatic rings. The van der Waals surface area contributed by atoms with Crippen molar-refractivity contribution in [3.8, 4) is 11.6 Å². The molecule has 148 valence electrons. The van der Waals surface area contributed by atoms with Crippen LogP contribution in [0.1, 0.15) is 36.4 Å². The Balaban J connectivity index is 1.71. The first-order chi connectivity index (χ1) is 14.1. The average Bonchev–Trinajstić information content (AvgIpc) is 2.75. The zero-order chi connectivity index (χ0) is 20.2. The highest BCUT2D eigenvalue weighted by Gasteiger charge is 2.23. The van der Waals surface area contributed by atoms with Crippen LogP contribution in [0.4, 0.5) is 0 Å². The lowest BCUT2D eigenvalue weighted by Crippen LogP contribution is -2.29. The fourth-order valence-electron chi connectivity index (χ4n) is 3.57. The highest BCUT2D eigenvalue weighted by Crippen LogP contribution is 2.30. The summed E-state index contributed by atoms with van der Waals surface area (Å²) in [4.78, 5) is 19.3. The molecule has 0 spiro atoms. The molecule has 1 aliphatic heterocycles. The largest absolute Gasteiger partial charge is 0.494 e. The number of hydrogen-bond acceptors (Lipinski definition) is 6. The normalized spacial score (nSPS) is 17.0. The van der Waals surface area contributed by atoms with Gasteiger partial charge in [0.25, 0.3) is 5.56 Å². The van der Waals surface area contributed by atoms with E-state index in [9.17, 15) is 9.90 Å². The molecule has 2 aromatic heterocycles. The first-order valence-electron chi connectivity index (χ1n) is 9.49. The highest BCUT2D eigenvalue weighted by molar-refractivity contribution is 7.71. The summed E-state index contributed by atoms with van der Waals surface area (Å²) in [6.45, 7) is 0.770. The molecule has 1 aromatic carbocycles. The number of nitrogens with one attached hydrogen (secondary N) is 1. The van der Waals surface area contributed by atoms with Crippen LogP contribution in [0.2, 0.25) is 0 Å². The Morgan fingerprint density at radius 3 is 2.79 bits per heavy atom. The summed E-state index contributed by atoms with van der Waals surface area (Å²) < 4.78 is 1.55. The van der Waals surface area contributed by atoms with Gasteiger partial charge in [0.2, 0.25) is 5.88 Å². The zero-order valence-corrected chi connectivity index (χ0v) is 16.5. The quantitative estimate of drug-likeness (QED) is 0.510. The van der Waals surface area contributed by atoms with E-state index in [0.29, 0.717) is 5.69 Å². The van der Waals surface area contributed by atoms with Gasteiger partial charge in [-0.3, -0.25) is 24.3 Å². The molecule has 1 fully saturated rings. The van der Waals surface area contributed by atoms with Crippen molar-refractivity contribution in [3.05, 3.63) is 81.1 Å². The van der Waals surface area contributed by atoms with Gasteiger partial charge in [0.05, 0.1) is 17.9 Å². The number of piperidine rings is 1. The van der Waals surface area contributed by atoms with Crippen LogP contribution in [0.25, 0.3) is 5.69 Å². The van der Waals surface area contributed by atoms with E-state index in [0.717, 1.165) is 31.4 Å². The van der Waals surface area contributed by atoms with E-state index >= 15 is 0 Å². The van der Waals surface area contributed by atoms with Crippen molar-refractivity contribution in [2.45, 2.75) is 25.3 Å². The second kappa shape index (κ2) is 8.40. The SMILES string of the molecule is O=c1[nH]c(=S)n(-c2ccccc2)c(O)c1/C=N/N1CCCC[C@H]1c1cccnc1. The van der Waals surface area contributed by atoms with Crippen molar-refractivity contribution in [3.63, 3.8) is 0 Å². The number of hydrogen-bond donors (Lipinski definition) is 2. The first-order valence-corrected chi connectivity index (χ1v) is 9.90. The third-order valence-electron chi connectivity index (χ3n) is 5.01. The van der Waals surface area contributed by atoms with E-state index in [1.807, 2.05) is 41.5 Å². The number of pyridine rings is 1. The minimum absolute atomic E-state index is 0.0676. The molecule has 8 heteroatoms. The molecule has 3 heterocycles. The molecule has 0 unspecified atom stereocenters. The molecule has 1 atom stereocenters. The van der Waals surface area contributed by atoms with Crippen LogP contribution in [-0.4, -0.2) is 37.4 Å². The van der Waals surface area contributed by atoms with E-state index in [1.54, 1.807) is 18.3 Å². The average molecular weight is 407 g/mol. The number of aromatic hydroxyl groups is 1. The van der Waals surface area contributed by atoms with Crippen molar-refractivity contribution in [1.82, 2.24) is 19.5 Å². The fourth-order valence-corrected chi connectivity index (χ4v) is 3.85. The summed E-state index contributed by atoms with van der Waals surface area (Å²) in [6.07, 6.45) is 8.09. The van der Waals surface area contributed by atoms with Gasteiger partial charge in [-0.15, -0.1) is 0 Å². The van der Waals surface area contributed by atoms with E-state index in [2.05, 4.69) is 15.1 Å². The Morgan fingerprint density at radius 2 is 2.03 bits per heavy atom. The molecule has 0 bridgehead atoms. The predicted molar refractivity (Wildman–Crippen MR) is 114 cm³/mol. The van der Waals surface area contributed by atoms with Crippen molar-refractivity contribution < 1.29 is 5.11 Å². The van der Waals surface area contributed by atoms with Gasteiger partial charge in [-0.05, 0) is 55.2 Å². The van der Waals surface area contributed by atoms with Crippen molar-refractivity contribution in [1.29, 1.82) is 0 Å². The minimum Gasteiger partial charge on any atom is -0.494 e. The van der Waals surface area contributed by atoms with Crippen molar-refractivity contribution >= 4 is 18.4 Å². The number of nitrogens with zero attached hydrogens (tertiary/aromatic N) is 4. The van der Waals surface area contributed by atoms with Gasteiger partial charge < -0.3 is 5.11 Å². The summed E-state index contributed by atoms with van der Waals surface area (Å²) in [6, 6.07) is 13.2. The summed E-state index contributed by atoms with van der Waals surface area (Å²) >= 11 is 5.25. The zero-order valence-electron chi connectivity index (χ0n) is 15.7. The lowest BCUT2D eigenvalue weighted by atomic mass is 9.98. The lowest BCUT2D eigenvalue weighted by molar-refractivity contribution is 0.156. The Labute approximate surface area is 173 Å². The summed E-state index contributed by atoms with van der Waals surface area (Å²) in [7, 11) is 0. The van der Waals surface area contributed by atoms with Crippen LogP contribution >= 0.6 is 12.2 Å². The van der Waals surface area contributed by atoms with Gasteiger partial charge in [0.1, 0.15) is 5.56 Å². The second-order valence-corrected chi connectivity index (χ2v) is 7.26. The lowest BCUT2D eigenvalue weighted by Gasteiger charge is -2.33. The van der Waals surface area contributed by atoms with Gasteiger partial charge in [-0.25, -0.2) is 0 Å². The van der Waals surface area contributed by atoms with Crippen LogP contribution in [0.15, 0.2) is 64.8 Å². The predicted octanol–water partition coefficient (Wildman–Crippen LogP) is 3.56. The van der Waals surface area contributed by atoms with Crippen LogP contribution in [-0.2, 0) is 0 Å². The minimum atomic E-state index is -0.474. The molecule has 0 radical (unpaired) electrons. The second-order valence-electron chi connectivity index (χ2n) is 6.87. The van der Waals surface area contributed by atoms with E-state index in [1.165, 1.54) is 10.8 Å². The summed E-state index contributed by atoms with van der Waals surface area (Å²) in [5.74, 6) is -0.233. The van der Waals surface area contributed by atoms with Gasteiger partial charge in [-0.2, -0.15) is 5.10 Å². The number of aromatic amines is 1. The van der Waals surface area contributed by atoms with E-state index in [4.69, 9.17) is 12.2 Å². The van der Waals surface area contributed by atoms with Crippen molar-refractivity contribution in [2.75, 3.05) is 6.54 Å². The molecule has 0 amide bonds. The van der Waals surface area contributed by atoms with Gasteiger partial charge >= 0.3 is 0 Å². The van der Waals surface area contributed by atoms with Gasteiger partial charge in [0, 0.05) is 18.9 Å². The third-order valence-corrected chi connectivity index (χ3v) is 5.30. The molecule has 4 rings (SSSR count). The smallest absolute Gasteiger partial charge is 0.264 e. The van der Waals surface area contributed by atoms with Crippen molar-refractivity contribution in [2.24, 2.45) is 5.10 Å². The fraction of sp³-hybridized carbons (Fsp3) is 0.238. The Morgan fingerprint density at radius 1 is 1.21 bits per heavy atom. The molecular weight excluding hydrogens is 386 g/mol. The molecule has 0 saturated carbocycles. The first kappa shape index (κ1) is 19.1. The highest BCUT2D eigenvalue weighted by atomic mass is 32.1. The van der Waals surface area contributed by atoms with Crippen LogP contribution in [0.3, 0.4) is 0 Å². The van der Waals surface area contributed by atoms with Crippen LogP contribution in [0.5, 0.6) is 5.88 Å². The molecule has 0 aliphatic carbocycles. The molecular formula is C21H21N5O2S. The summed E-state index contributed by atoms with van der Waals surface area (Å²) in [5, 5.41) is 17.3. The Bertz CT molecular complexity index is 1130. The number of H-pyrrole nitrogens is 1. The monoisotopic (exact) mass is 407 g/mol. The van der Waals surface area contributed by atoms with Crippen LogP contribution < -0.4 is 5.56 Å². The Hall–Kier alpha value is -3.26. The van der Waals surface area contributed by atoms with Gasteiger partial charge in [0.15, 0.2) is 4.77 Å². The maximum Gasteiger partial charge on any atom is 0.264 e. The van der Waals surface area contributed by atoms with E-state index < -0.39 is 5.56 Å². The number of aromatic nitrogens is 3. The standard InChI is InChI=1S/C21H21N5O2S/c27-19-17(20(28)26(21(29)24-19)16-8-2-1-3-9-16)14-23-25-12-5-4-10-18(25)15-7-6-11-22-13-15/h1-3,6-9,11,13-14,18,28H,4-5,10,12H2,(H,24,27,29)/b23-14+/t18-/m0/s1. The maximum atomic E-state index is 12.5. The molecule has 1 aliphatic rings.